The maximum Gasteiger partial charge on any atom is 0.403 e. The Morgan fingerprint density at radius 3 is 2.40 bits per heavy atom. The van der Waals surface area contributed by atoms with Crippen molar-refractivity contribution in [1.82, 2.24) is 16.0 Å². The third-order valence-electron chi connectivity index (χ3n) is 6.19. The van der Waals surface area contributed by atoms with Crippen LogP contribution in [0, 0.1) is 11.3 Å². The highest BCUT2D eigenvalue weighted by Crippen LogP contribution is 2.58. The first-order valence-electron chi connectivity index (χ1n) is 10.8. The molecule has 4 amide bonds. The monoisotopic (exact) mass is 516 g/mol. The summed E-state index contributed by atoms with van der Waals surface area (Å²) in [5.41, 5.74) is -3.07. The molecule has 2 aliphatic rings. The standard InChI is InChI=1S/C22H24ClF3N4O5/c1-10-7-11(17(32)28-10)8-15(16(31)19(34)27-2)29-18(33)13-9-12(23)3-4-14(13)30-20(35)21(5-6-21)22(24,25)26/h3-4,9-11,15H,5-8H2,1-2H3,(H,27,34)(H,28,32)(H,29,33)(H,30,35)/t10-,11+,15+/m1/s1. The molecule has 190 valence electrons. The van der Waals surface area contributed by atoms with Crippen molar-refractivity contribution in [2.75, 3.05) is 12.4 Å². The lowest BCUT2D eigenvalue weighted by Crippen LogP contribution is -2.48. The van der Waals surface area contributed by atoms with E-state index in [1.165, 1.54) is 19.2 Å². The second-order valence-electron chi connectivity index (χ2n) is 8.77. The van der Waals surface area contributed by atoms with Crippen LogP contribution in [0.4, 0.5) is 18.9 Å². The van der Waals surface area contributed by atoms with E-state index in [4.69, 9.17) is 11.6 Å². The maximum atomic E-state index is 13.3. The normalized spacial score (nSPS) is 21.5. The zero-order valence-corrected chi connectivity index (χ0v) is 19.6. The molecule has 1 heterocycles. The zero-order valence-electron chi connectivity index (χ0n) is 18.8. The minimum atomic E-state index is -4.75. The summed E-state index contributed by atoms with van der Waals surface area (Å²) in [6.07, 6.45) is -5.29. The van der Waals surface area contributed by atoms with Crippen LogP contribution in [-0.2, 0) is 19.2 Å². The number of amides is 4. The lowest BCUT2D eigenvalue weighted by molar-refractivity contribution is -0.189. The Hall–Kier alpha value is -3.15. The molecule has 1 aromatic carbocycles. The molecule has 4 N–H and O–H groups in total. The maximum absolute atomic E-state index is 13.3. The molecule has 3 atom stereocenters. The summed E-state index contributed by atoms with van der Waals surface area (Å²) >= 11 is 5.96. The number of carbonyl (C=O) groups is 5. The van der Waals surface area contributed by atoms with Gasteiger partial charge in [-0.1, -0.05) is 11.6 Å². The number of anilines is 1. The van der Waals surface area contributed by atoms with Gasteiger partial charge in [0.15, 0.2) is 0 Å². The van der Waals surface area contributed by atoms with Gasteiger partial charge in [-0.2, -0.15) is 13.2 Å². The highest BCUT2D eigenvalue weighted by molar-refractivity contribution is 6.38. The summed E-state index contributed by atoms with van der Waals surface area (Å²) in [7, 11) is 1.22. The highest BCUT2D eigenvalue weighted by Gasteiger charge is 2.68. The molecule has 0 spiro atoms. The number of hydrogen-bond acceptors (Lipinski definition) is 5. The molecule has 0 unspecified atom stereocenters. The molecule has 9 nitrogen and oxygen atoms in total. The molecule has 1 aromatic rings. The average Bonchev–Trinajstić information content (AvgIpc) is 3.54. The fourth-order valence-corrected chi connectivity index (χ4v) is 4.18. The number of ketones is 1. The van der Waals surface area contributed by atoms with E-state index in [9.17, 15) is 37.1 Å². The van der Waals surface area contributed by atoms with Crippen molar-refractivity contribution in [3.8, 4) is 0 Å². The Labute approximate surface area is 203 Å². The van der Waals surface area contributed by atoms with Gasteiger partial charge in [-0.15, -0.1) is 0 Å². The van der Waals surface area contributed by atoms with Gasteiger partial charge in [0.05, 0.1) is 17.3 Å². The van der Waals surface area contributed by atoms with Gasteiger partial charge in [-0.05, 0) is 50.8 Å². The first kappa shape index (κ1) is 26.5. The average molecular weight is 517 g/mol. The van der Waals surface area contributed by atoms with Gasteiger partial charge in [0.1, 0.15) is 5.41 Å². The topological polar surface area (TPSA) is 133 Å². The van der Waals surface area contributed by atoms with Gasteiger partial charge in [0.2, 0.25) is 17.6 Å². The van der Waals surface area contributed by atoms with Crippen molar-refractivity contribution in [1.29, 1.82) is 0 Å². The predicted molar refractivity (Wildman–Crippen MR) is 118 cm³/mol. The van der Waals surface area contributed by atoms with Crippen molar-refractivity contribution < 1.29 is 37.1 Å². The van der Waals surface area contributed by atoms with E-state index in [1.807, 2.05) is 0 Å². The third-order valence-corrected chi connectivity index (χ3v) is 6.43. The van der Waals surface area contributed by atoms with Gasteiger partial charge in [0, 0.05) is 24.0 Å². The Bertz CT molecular complexity index is 1070. The number of likely N-dealkylation sites (N-methyl/N-ethyl adjacent to an activating group) is 1. The highest BCUT2D eigenvalue weighted by atomic mass is 35.5. The van der Waals surface area contributed by atoms with Crippen LogP contribution in [-0.4, -0.2) is 54.7 Å². The summed E-state index contributed by atoms with van der Waals surface area (Å²) in [5.74, 6) is -5.26. The largest absolute Gasteiger partial charge is 0.403 e. The molecular formula is C22H24ClF3N4O5. The lowest BCUT2D eigenvalue weighted by atomic mass is 9.93. The summed E-state index contributed by atoms with van der Waals surface area (Å²) in [6.45, 7) is 1.76. The van der Waals surface area contributed by atoms with Crippen molar-refractivity contribution in [2.24, 2.45) is 11.3 Å². The van der Waals surface area contributed by atoms with Crippen LogP contribution in [0.25, 0.3) is 0 Å². The SMILES string of the molecule is CNC(=O)C(=O)[C@H](C[C@@H]1C[C@@H](C)NC1=O)NC(=O)c1cc(Cl)ccc1NC(=O)C1(C(F)(F)F)CC1. The smallest absolute Gasteiger partial charge is 0.353 e. The van der Waals surface area contributed by atoms with Crippen molar-refractivity contribution in [3.63, 3.8) is 0 Å². The number of halogens is 4. The second-order valence-corrected chi connectivity index (χ2v) is 9.21. The van der Waals surface area contributed by atoms with Gasteiger partial charge in [-0.25, -0.2) is 0 Å². The molecular weight excluding hydrogens is 493 g/mol. The summed E-state index contributed by atoms with van der Waals surface area (Å²) in [4.78, 5) is 62.2. The molecule has 1 aliphatic carbocycles. The minimum Gasteiger partial charge on any atom is -0.353 e. The number of carbonyl (C=O) groups excluding carboxylic acids is 5. The molecule has 1 saturated heterocycles. The summed E-state index contributed by atoms with van der Waals surface area (Å²) in [6, 6.07) is 2.00. The quantitative estimate of drug-likeness (QED) is 0.392. The van der Waals surface area contributed by atoms with Gasteiger partial charge < -0.3 is 21.3 Å². The molecule has 2 fully saturated rings. The van der Waals surface area contributed by atoms with E-state index >= 15 is 0 Å². The van der Waals surface area contributed by atoms with Crippen LogP contribution in [0.5, 0.6) is 0 Å². The van der Waals surface area contributed by atoms with Gasteiger partial charge >= 0.3 is 6.18 Å². The Balaban J connectivity index is 1.85. The number of alkyl halides is 3. The summed E-state index contributed by atoms with van der Waals surface area (Å²) < 4.78 is 40.0. The first-order chi connectivity index (χ1) is 16.3. The number of Topliss-reactive ketones (excluding diaryl/α,β-unsaturated/α-hetero) is 1. The molecule has 0 radical (unpaired) electrons. The van der Waals surface area contributed by atoms with E-state index in [0.717, 1.165) is 6.07 Å². The van der Waals surface area contributed by atoms with Crippen molar-refractivity contribution >= 4 is 46.7 Å². The van der Waals surface area contributed by atoms with Crippen LogP contribution in [0.2, 0.25) is 5.02 Å². The molecule has 1 saturated carbocycles. The molecule has 3 rings (SSSR count). The molecule has 0 bridgehead atoms. The summed E-state index contributed by atoms with van der Waals surface area (Å²) in [5, 5.41) is 9.41. The second kappa shape index (κ2) is 9.84. The van der Waals surface area contributed by atoms with Crippen LogP contribution in [0.15, 0.2) is 18.2 Å². The lowest BCUT2D eigenvalue weighted by Gasteiger charge is -2.22. The Morgan fingerprint density at radius 1 is 1.23 bits per heavy atom. The van der Waals surface area contributed by atoms with Gasteiger partial charge in [-0.3, -0.25) is 24.0 Å². The fraction of sp³-hybridized carbons (Fsp3) is 0.500. The van der Waals surface area contributed by atoms with Crippen LogP contribution < -0.4 is 21.3 Å². The van der Waals surface area contributed by atoms with E-state index in [-0.39, 0.29) is 47.5 Å². The number of benzene rings is 1. The van der Waals surface area contributed by atoms with Gasteiger partial charge in [0.25, 0.3) is 11.8 Å². The molecule has 1 aliphatic heterocycles. The molecule has 0 aromatic heterocycles. The number of rotatable bonds is 8. The number of hydrogen-bond donors (Lipinski definition) is 4. The first-order valence-corrected chi connectivity index (χ1v) is 11.2. The number of nitrogens with one attached hydrogen (secondary N) is 4. The van der Waals surface area contributed by atoms with Crippen molar-refractivity contribution in [3.05, 3.63) is 28.8 Å². The molecule has 13 heteroatoms. The zero-order chi connectivity index (χ0) is 26.1. The van der Waals surface area contributed by atoms with Crippen LogP contribution in [0.1, 0.15) is 43.0 Å². The third kappa shape index (κ3) is 5.58. The Kier molecular flexibility index (Phi) is 7.44. The van der Waals surface area contributed by atoms with E-state index in [2.05, 4.69) is 21.3 Å². The van der Waals surface area contributed by atoms with Crippen molar-refractivity contribution in [2.45, 2.75) is 50.9 Å². The van der Waals surface area contributed by atoms with Crippen LogP contribution >= 0.6 is 11.6 Å². The van der Waals surface area contributed by atoms with E-state index in [1.54, 1.807) is 6.92 Å². The Morgan fingerprint density at radius 2 is 1.89 bits per heavy atom. The van der Waals surface area contributed by atoms with E-state index in [0.29, 0.717) is 6.42 Å². The van der Waals surface area contributed by atoms with Crippen LogP contribution in [0.3, 0.4) is 0 Å². The fourth-order valence-electron chi connectivity index (χ4n) is 4.01. The van der Waals surface area contributed by atoms with E-state index < -0.39 is 47.1 Å². The predicted octanol–water partition coefficient (Wildman–Crippen LogP) is 1.95. The molecule has 35 heavy (non-hydrogen) atoms. The minimum absolute atomic E-state index is 0.0447.